The number of nitrogens with zero attached hydrogens (tertiary/aromatic N) is 2. The Balaban J connectivity index is 1.86. The van der Waals surface area contributed by atoms with Crippen LogP contribution in [0.15, 0.2) is 53.1 Å². The fraction of sp³-hybridized carbons (Fsp3) is 0.111. The van der Waals surface area contributed by atoms with Crippen molar-refractivity contribution < 1.29 is 14.0 Å². The van der Waals surface area contributed by atoms with Gasteiger partial charge in [0.15, 0.2) is 5.82 Å². The SMILES string of the molecule is COc1cc(OC)cc(-c2nc(/C=C/c3ccccc3)no2)c1. The molecule has 0 aliphatic heterocycles. The molecule has 1 aromatic heterocycles. The van der Waals surface area contributed by atoms with Crippen LogP contribution < -0.4 is 9.47 Å². The van der Waals surface area contributed by atoms with E-state index in [2.05, 4.69) is 10.1 Å². The molecule has 0 unspecified atom stereocenters. The Kier molecular flexibility index (Phi) is 4.38. The Morgan fingerprint density at radius 3 is 2.26 bits per heavy atom. The first-order chi connectivity index (χ1) is 11.3. The van der Waals surface area contributed by atoms with Gasteiger partial charge in [0.25, 0.3) is 5.89 Å². The lowest BCUT2D eigenvalue weighted by Gasteiger charge is -2.05. The molecule has 3 rings (SSSR count). The van der Waals surface area contributed by atoms with Crippen LogP contribution >= 0.6 is 0 Å². The van der Waals surface area contributed by atoms with Crippen molar-refractivity contribution in [1.29, 1.82) is 0 Å². The largest absolute Gasteiger partial charge is 0.497 e. The number of methoxy groups -OCH3 is 2. The van der Waals surface area contributed by atoms with Gasteiger partial charge in [-0.2, -0.15) is 4.98 Å². The van der Waals surface area contributed by atoms with Gasteiger partial charge < -0.3 is 14.0 Å². The van der Waals surface area contributed by atoms with Gasteiger partial charge in [0.1, 0.15) is 11.5 Å². The fourth-order valence-corrected chi connectivity index (χ4v) is 2.09. The molecule has 0 amide bonds. The Hall–Kier alpha value is -3.08. The van der Waals surface area contributed by atoms with E-state index in [1.54, 1.807) is 26.4 Å². The van der Waals surface area contributed by atoms with Crippen molar-refractivity contribution in [3.8, 4) is 23.0 Å². The third-order valence-electron chi connectivity index (χ3n) is 3.26. The average molecular weight is 308 g/mol. The molecule has 5 nitrogen and oxygen atoms in total. The maximum absolute atomic E-state index is 5.31. The summed E-state index contributed by atoms with van der Waals surface area (Å²) in [4.78, 5) is 4.37. The summed E-state index contributed by atoms with van der Waals surface area (Å²) in [5.74, 6) is 2.25. The van der Waals surface area contributed by atoms with E-state index in [4.69, 9.17) is 14.0 Å². The normalized spacial score (nSPS) is 10.9. The van der Waals surface area contributed by atoms with E-state index in [0.717, 1.165) is 11.1 Å². The van der Waals surface area contributed by atoms with E-state index in [1.807, 2.05) is 48.5 Å². The molecule has 0 N–H and O–H groups in total. The molecule has 1 heterocycles. The lowest BCUT2D eigenvalue weighted by molar-refractivity contribution is 0.393. The summed E-state index contributed by atoms with van der Waals surface area (Å²) in [7, 11) is 3.20. The highest BCUT2D eigenvalue weighted by molar-refractivity contribution is 5.67. The molecule has 0 fully saturated rings. The van der Waals surface area contributed by atoms with Gasteiger partial charge in [-0.05, 0) is 23.8 Å². The van der Waals surface area contributed by atoms with Gasteiger partial charge in [-0.15, -0.1) is 0 Å². The number of hydrogen-bond acceptors (Lipinski definition) is 5. The van der Waals surface area contributed by atoms with Crippen LogP contribution in [0.5, 0.6) is 11.5 Å². The number of rotatable bonds is 5. The van der Waals surface area contributed by atoms with Crippen LogP contribution in [0.3, 0.4) is 0 Å². The molecule has 0 radical (unpaired) electrons. The highest BCUT2D eigenvalue weighted by atomic mass is 16.5. The summed E-state index contributed by atoms with van der Waals surface area (Å²) in [5, 5.41) is 3.96. The summed E-state index contributed by atoms with van der Waals surface area (Å²) in [5.41, 5.74) is 1.81. The standard InChI is InChI=1S/C18H16N2O3/c1-21-15-10-14(11-16(12-15)22-2)18-19-17(20-23-18)9-8-13-6-4-3-5-7-13/h3-12H,1-2H3/b9-8+. The fourth-order valence-electron chi connectivity index (χ4n) is 2.09. The van der Waals surface area contributed by atoms with Gasteiger partial charge >= 0.3 is 0 Å². The molecule has 0 atom stereocenters. The molecule has 3 aromatic rings. The summed E-state index contributed by atoms with van der Waals surface area (Å²) in [6.07, 6.45) is 3.74. The van der Waals surface area contributed by atoms with Crippen LogP contribution in [0.4, 0.5) is 0 Å². The second-order valence-electron chi connectivity index (χ2n) is 4.80. The quantitative estimate of drug-likeness (QED) is 0.715. The van der Waals surface area contributed by atoms with Crippen molar-refractivity contribution in [2.45, 2.75) is 0 Å². The summed E-state index contributed by atoms with van der Waals surface area (Å²) < 4.78 is 15.8. The van der Waals surface area contributed by atoms with Gasteiger partial charge in [0.2, 0.25) is 0 Å². The smallest absolute Gasteiger partial charge is 0.258 e. The summed E-state index contributed by atoms with van der Waals surface area (Å²) in [6.45, 7) is 0. The predicted octanol–water partition coefficient (Wildman–Crippen LogP) is 3.92. The van der Waals surface area contributed by atoms with E-state index in [1.165, 1.54) is 0 Å². The zero-order chi connectivity index (χ0) is 16.1. The van der Waals surface area contributed by atoms with Gasteiger partial charge in [0, 0.05) is 11.6 Å². The minimum atomic E-state index is 0.412. The Morgan fingerprint density at radius 1 is 0.913 bits per heavy atom. The summed E-state index contributed by atoms with van der Waals surface area (Å²) >= 11 is 0. The number of hydrogen-bond donors (Lipinski definition) is 0. The highest BCUT2D eigenvalue weighted by Crippen LogP contribution is 2.28. The van der Waals surface area contributed by atoms with Crippen LogP contribution in [0.1, 0.15) is 11.4 Å². The molecule has 0 aliphatic rings. The third kappa shape index (κ3) is 3.58. The second-order valence-corrected chi connectivity index (χ2v) is 4.80. The van der Waals surface area contributed by atoms with Crippen molar-refractivity contribution in [2.75, 3.05) is 14.2 Å². The molecule has 116 valence electrons. The molecule has 0 aliphatic carbocycles. The van der Waals surface area contributed by atoms with E-state index >= 15 is 0 Å². The van der Waals surface area contributed by atoms with E-state index in [0.29, 0.717) is 23.2 Å². The Labute approximate surface area is 134 Å². The van der Waals surface area contributed by atoms with Crippen molar-refractivity contribution >= 4 is 12.2 Å². The van der Waals surface area contributed by atoms with Crippen molar-refractivity contribution in [1.82, 2.24) is 10.1 Å². The molecule has 0 saturated carbocycles. The Morgan fingerprint density at radius 2 is 1.61 bits per heavy atom. The van der Waals surface area contributed by atoms with Crippen molar-refractivity contribution in [3.63, 3.8) is 0 Å². The molecule has 23 heavy (non-hydrogen) atoms. The van der Waals surface area contributed by atoms with E-state index in [9.17, 15) is 0 Å². The summed E-state index contributed by atoms with van der Waals surface area (Å²) in [6, 6.07) is 15.4. The van der Waals surface area contributed by atoms with Gasteiger partial charge in [0.05, 0.1) is 14.2 Å². The lowest BCUT2D eigenvalue weighted by atomic mass is 10.2. The predicted molar refractivity (Wildman–Crippen MR) is 88.2 cm³/mol. The monoisotopic (exact) mass is 308 g/mol. The maximum atomic E-state index is 5.31. The number of benzene rings is 2. The molecule has 0 saturated heterocycles. The first kappa shape index (κ1) is 14.8. The van der Waals surface area contributed by atoms with Gasteiger partial charge in [-0.25, -0.2) is 0 Å². The van der Waals surface area contributed by atoms with Gasteiger partial charge in [-0.1, -0.05) is 41.6 Å². The van der Waals surface area contributed by atoms with Crippen LogP contribution in [-0.4, -0.2) is 24.4 Å². The third-order valence-corrected chi connectivity index (χ3v) is 3.26. The molecular formula is C18H16N2O3. The minimum absolute atomic E-state index is 0.412. The van der Waals surface area contributed by atoms with E-state index < -0.39 is 0 Å². The number of aromatic nitrogens is 2. The zero-order valence-electron chi connectivity index (χ0n) is 12.9. The maximum Gasteiger partial charge on any atom is 0.258 e. The van der Waals surface area contributed by atoms with E-state index in [-0.39, 0.29) is 0 Å². The first-order valence-electron chi connectivity index (χ1n) is 7.09. The van der Waals surface area contributed by atoms with Crippen LogP contribution in [0.25, 0.3) is 23.6 Å². The van der Waals surface area contributed by atoms with Gasteiger partial charge in [-0.3, -0.25) is 0 Å². The first-order valence-corrected chi connectivity index (χ1v) is 7.09. The molecule has 0 bridgehead atoms. The molecular weight excluding hydrogens is 292 g/mol. The molecule has 5 heteroatoms. The second kappa shape index (κ2) is 6.79. The highest BCUT2D eigenvalue weighted by Gasteiger charge is 2.10. The topological polar surface area (TPSA) is 57.4 Å². The van der Waals surface area contributed by atoms with Crippen molar-refractivity contribution in [2.24, 2.45) is 0 Å². The van der Waals surface area contributed by atoms with Crippen LogP contribution in [0, 0.1) is 0 Å². The average Bonchev–Trinajstić information content (AvgIpc) is 3.09. The molecule has 2 aromatic carbocycles. The lowest BCUT2D eigenvalue weighted by Crippen LogP contribution is -1.89. The Bertz CT molecular complexity index is 788. The van der Waals surface area contributed by atoms with Crippen molar-refractivity contribution in [3.05, 3.63) is 59.9 Å². The minimum Gasteiger partial charge on any atom is -0.497 e. The molecule has 0 spiro atoms. The number of ether oxygens (including phenoxy) is 2. The van der Waals surface area contributed by atoms with Crippen LogP contribution in [-0.2, 0) is 0 Å². The van der Waals surface area contributed by atoms with Crippen LogP contribution in [0.2, 0.25) is 0 Å². The zero-order valence-corrected chi connectivity index (χ0v) is 12.9.